The first-order chi connectivity index (χ1) is 8.20. The summed E-state index contributed by atoms with van der Waals surface area (Å²) in [5, 5.41) is 5.11. The van der Waals surface area contributed by atoms with Crippen molar-refractivity contribution in [2.24, 2.45) is 5.92 Å². The fourth-order valence-electron chi connectivity index (χ4n) is 1.54. The molecule has 1 aliphatic carbocycles. The van der Waals surface area contributed by atoms with Gasteiger partial charge in [-0.3, -0.25) is 9.59 Å². The highest BCUT2D eigenvalue weighted by Crippen LogP contribution is 2.28. The average Bonchev–Trinajstić information content (AvgIpc) is 3.13. The number of rotatable bonds is 5. The Hall–Kier alpha value is -1.91. The van der Waals surface area contributed by atoms with E-state index in [4.69, 9.17) is 0 Å². The number of carbonyl (C=O) groups excluding carboxylic acids is 2. The van der Waals surface area contributed by atoms with Crippen molar-refractivity contribution in [1.82, 2.24) is 5.32 Å². The maximum absolute atomic E-state index is 13.4. The van der Waals surface area contributed by atoms with Crippen LogP contribution in [0.15, 0.2) is 18.2 Å². The van der Waals surface area contributed by atoms with Gasteiger partial charge in [0.2, 0.25) is 12.3 Å². The summed E-state index contributed by atoms with van der Waals surface area (Å²) in [7, 11) is 0. The Morgan fingerprint density at radius 1 is 1.47 bits per heavy atom. The molecular weight excluding hydrogens is 223 g/mol. The Bertz CT molecular complexity index is 444. The fraction of sp³-hybridized carbons (Fsp3) is 0.333. The predicted molar refractivity (Wildman–Crippen MR) is 60.7 cm³/mol. The van der Waals surface area contributed by atoms with E-state index in [1.165, 1.54) is 18.2 Å². The van der Waals surface area contributed by atoms with Gasteiger partial charge in [-0.15, -0.1) is 0 Å². The third-order valence-corrected chi connectivity index (χ3v) is 2.67. The summed E-state index contributed by atoms with van der Waals surface area (Å²) in [6, 6.07) is 4.25. The van der Waals surface area contributed by atoms with Gasteiger partial charge in [0.25, 0.3) is 0 Å². The Morgan fingerprint density at radius 3 is 2.88 bits per heavy atom. The van der Waals surface area contributed by atoms with Gasteiger partial charge < -0.3 is 10.6 Å². The topological polar surface area (TPSA) is 58.2 Å². The minimum absolute atomic E-state index is 0.0295. The number of amides is 2. The van der Waals surface area contributed by atoms with Gasteiger partial charge in [0.15, 0.2) is 0 Å². The Kier molecular flexibility index (Phi) is 3.37. The summed E-state index contributed by atoms with van der Waals surface area (Å²) < 4.78 is 13.4. The van der Waals surface area contributed by atoms with Crippen LogP contribution in [0.1, 0.15) is 18.4 Å². The zero-order valence-electron chi connectivity index (χ0n) is 9.20. The number of benzene rings is 1. The third-order valence-electron chi connectivity index (χ3n) is 2.67. The normalized spacial score (nSPS) is 14.2. The predicted octanol–water partition coefficient (Wildman–Crippen LogP) is 1.42. The van der Waals surface area contributed by atoms with Gasteiger partial charge in [0.05, 0.1) is 0 Å². The van der Waals surface area contributed by atoms with E-state index in [1.54, 1.807) is 0 Å². The lowest BCUT2D eigenvalue weighted by Gasteiger charge is -2.07. The summed E-state index contributed by atoms with van der Waals surface area (Å²) >= 11 is 0. The van der Waals surface area contributed by atoms with Gasteiger partial charge >= 0.3 is 0 Å². The van der Waals surface area contributed by atoms with Gasteiger partial charge in [-0.2, -0.15) is 0 Å². The Morgan fingerprint density at radius 2 is 2.24 bits per heavy atom. The molecule has 90 valence electrons. The molecule has 0 saturated heterocycles. The molecule has 0 unspecified atom stereocenters. The van der Waals surface area contributed by atoms with Crippen LogP contribution >= 0.6 is 0 Å². The molecule has 5 heteroatoms. The molecule has 2 amide bonds. The van der Waals surface area contributed by atoms with E-state index < -0.39 is 5.82 Å². The molecule has 2 N–H and O–H groups in total. The van der Waals surface area contributed by atoms with Gasteiger partial charge in [0, 0.05) is 23.7 Å². The molecule has 0 aromatic heterocycles. The quantitative estimate of drug-likeness (QED) is 0.759. The van der Waals surface area contributed by atoms with E-state index in [0.29, 0.717) is 17.7 Å². The molecule has 1 fully saturated rings. The second-order valence-corrected chi connectivity index (χ2v) is 4.06. The maximum atomic E-state index is 13.4. The summed E-state index contributed by atoms with van der Waals surface area (Å²) in [5.74, 6) is -0.315. The lowest BCUT2D eigenvalue weighted by atomic mass is 10.2. The molecular formula is C12H13FN2O2. The lowest BCUT2D eigenvalue weighted by Crippen LogP contribution is -2.24. The first-order valence-electron chi connectivity index (χ1n) is 5.47. The molecule has 4 nitrogen and oxygen atoms in total. The van der Waals surface area contributed by atoms with Gasteiger partial charge in [-0.1, -0.05) is 0 Å². The first-order valence-corrected chi connectivity index (χ1v) is 5.47. The monoisotopic (exact) mass is 236 g/mol. The zero-order valence-corrected chi connectivity index (χ0v) is 9.20. The van der Waals surface area contributed by atoms with Crippen LogP contribution in [0.5, 0.6) is 0 Å². The van der Waals surface area contributed by atoms with Crippen LogP contribution < -0.4 is 10.6 Å². The number of halogens is 1. The Labute approximate surface area is 98.2 Å². The van der Waals surface area contributed by atoms with E-state index >= 15 is 0 Å². The van der Waals surface area contributed by atoms with Crippen LogP contribution in [-0.2, 0) is 16.1 Å². The Balaban J connectivity index is 2.00. The molecule has 0 atom stereocenters. The molecule has 0 radical (unpaired) electrons. The third kappa shape index (κ3) is 3.03. The summed E-state index contributed by atoms with van der Waals surface area (Å²) in [6.45, 7) is 0.148. The fourth-order valence-corrected chi connectivity index (χ4v) is 1.54. The van der Waals surface area contributed by atoms with Crippen molar-refractivity contribution in [1.29, 1.82) is 0 Å². The highest BCUT2D eigenvalue weighted by molar-refractivity contribution is 5.80. The van der Waals surface area contributed by atoms with Crippen LogP contribution in [-0.4, -0.2) is 12.3 Å². The van der Waals surface area contributed by atoms with Crippen LogP contribution in [0.3, 0.4) is 0 Å². The molecule has 1 aromatic rings. The zero-order chi connectivity index (χ0) is 12.3. The molecule has 0 spiro atoms. The SMILES string of the molecule is O=CNc1ccc(F)c(CNC(=O)C2CC2)c1. The number of nitrogens with one attached hydrogen (secondary N) is 2. The standard InChI is InChI=1S/C12H13FN2O2/c13-11-4-3-10(15-7-16)5-9(11)6-14-12(17)8-1-2-8/h3-5,7-8H,1-2,6H2,(H,14,17)(H,15,16). The number of hydrogen-bond donors (Lipinski definition) is 2. The van der Waals surface area contributed by atoms with Crippen molar-refractivity contribution in [2.45, 2.75) is 19.4 Å². The van der Waals surface area contributed by atoms with E-state index in [1.807, 2.05) is 0 Å². The van der Waals surface area contributed by atoms with Gasteiger partial charge in [-0.25, -0.2) is 4.39 Å². The van der Waals surface area contributed by atoms with Gasteiger partial charge in [0.1, 0.15) is 5.82 Å². The summed E-state index contributed by atoms with van der Waals surface area (Å²) in [5.41, 5.74) is 0.878. The van der Waals surface area contributed by atoms with Crippen molar-refractivity contribution in [2.75, 3.05) is 5.32 Å². The number of carbonyl (C=O) groups is 2. The van der Waals surface area contributed by atoms with Crippen molar-refractivity contribution in [3.63, 3.8) is 0 Å². The van der Waals surface area contributed by atoms with E-state index in [-0.39, 0.29) is 18.4 Å². The second-order valence-electron chi connectivity index (χ2n) is 4.06. The number of hydrogen-bond acceptors (Lipinski definition) is 2. The van der Waals surface area contributed by atoms with Crippen LogP contribution in [0.4, 0.5) is 10.1 Å². The summed E-state index contributed by atoms with van der Waals surface area (Å²) in [4.78, 5) is 21.7. The maximum Gasteiger partial charge on any atom is 0.223 e. The highest BCUT2D eigenvalue weighted by Gasteiger charge is 2.29. The van der Waals surface area contributed by atoms with Crippen molar-refractivity contribution >= 4 is 18.0 Å². The van der Waals surface area contributed by atoms with Crippen LogP contribution in [0, 0.1) is 11.7 Å². The van der Waals surface area contributed by atoms with E-state index in [0.717, 1.165) is 12.8 Å². The van der Waals surface area contributed by atoms with Crippen molar-refractivity contribution in [3.05, 3.63) is 29.6 Å². The van der Waals surface area contributed by atoms with Crippen molar-refractivity contribution in [3.8, 4) is 0 Å². The molecule has 1 aromatic carbocycles. The van der Waals surface area contributed by atoms with Crippen LogP contribution in [0.25, 0.3) is 0 Å². The first kappa shape index (κ1) is 11.6. The minimum Gasteiger partial charge on any atom is -0.352 e. The smallest absolute Gasteiger partial charge is 0.223 e. The highest BCUT2D eigenvalue weighted by atomic mass is 19.1. The lowest BCUT2D eigenvalue weighted by molar-refractivity contribution is -0.122. The molecule has 0 aliphatic heterocycles. The molecule has 1 aliphatic rings. The number of anilines is 1. The molecule has 0 heterocycles. The molecule has 1 saturated carbocycles. The molecule has 17 heavy (non-hydrogen) atoms. The van der Waals surface area contributed by atoms with E-state index in [2.05, 4.69) is 10.6 Å². The largest absolute Gasteiger partial charge is 0.352 e. The summed E-state index contributed by atoms with van der Waals surface area (Å²) in [6.07, 6.45) is 2.36. The molecule has 0 bridgehead atoms. The average molecular weight is 236 g/mol. The van der Waals surface area contributed by atoms with Crippen molar-refractivity contribution < 1.29 is 14.0 Å². The molecule has 2 rings (SSSR count). The van der Waals surface area contributed by atoms with Gasteiger partial charge in [-0.05, 0) is 31.0 Å². The van der Waals surface area contributed by atoms with E-state index in [9.17, 15) is 14.0 Å². The van der Waals surface area contributed by atoms with Crippen LogP contribution in [0.2, 0.25) is 0 Å². The minimum atomic E-state index is -0.391. The second kappa shape index (κ2) is 4.95.